The van der Waals surface area contributed by atoms with Gasteiger partial charge in [-0.2, -0.15) is 0 Å². The van der Waals surface area contributed by atoms with Gasteiger partial charge in [0, 0.05) is 32.7 Å². The minimum atomic E-state index is -0.275. The number of rotatable bonds is 6. The highest BCUT2D eigenvalue weighted by Gasteiger charge is 2.21. The SMILES string of the molecule is O=COCCN1CCN(C(=O)OCc2ccccc2)CC1. The topological polar surface area (TPSA) is 59.1 Å². The largest absolute Gasteiger partial charge is 0.467 e. The van der Waals surface area contributed by atoms with Crippen molar-refractivity contribution in [3.8, 4) is 0 Å². The summed E-state index contributed by atoms with van der Waals surface area (Å²) in [5.74, 6) is 0. The quantitative estimate of drug-likeness (QED) is 0.581. The Morgan fingerprint density at radius 1 is 1.14 bits per heavy atom. The van der Waals surface area contributed by atoms with E-state index in [1.807, 2.05) is 30.3 Å². The van der Waals surface area contributed by atoms with E-state index in [0.717, 1.165) is 18.7 Å². The molecule has 0 spiro atoms. The molecule has 0 aliphatic carbocycles. The first-order valence-corrected chi connectivity index (χ1v) is 7.03. The monoisotopic (exact) mass is 292 g/mol. The number of hydrogen-bond acceptors (Lipinski definition) is 5. The Kier molecular flexibility index (Phi) is 6.02. The van der Waals surface area contributed by atoms with Gasteiger partial charge in [-0.25, -0.2) is 4.79 Å². The van der Waals surface area contributed by atoms with Gasteiger partial charge in [0.15, 0.2) is 0 Å². The highest BCUT2D eigenvalue weighted by atomic mass is 16.6. The Bertz CT molecular complexity index is 444. The van der Waals surface area contributed by atoms with Gasteiger partial charge in [0.2, 0.25) is 0 Å². The summed E-state index contributed by atoms with van der Waals surface area (Å²) in [4.78, 5) is 25.9. The lowest BCUT2D eigenvalue weighted by molar-refractivity contribution is -0.129. The summed E-state index contributed by atoms with van der Waals surface area (Å²) in [5, 5.41) is 0. The van der Waals surface area contributed by atoms with Crippen LogP contribution in [0.2, 0.25) is 0 Å². The Hall–Kier alpha value is -2.08. The molecule has 1 fully saturated rings. The maximum Gasteiger partial charge on any atom is 0.410 e. The fourth-order valence-electron chi connectivity index (χ4n) is 2.19. The maximum absolute atomic E-state index is 12.0. The minimum absolute atomic E-state index is 0.275. The van der Waals surface area contributed by atoms with Crippen LogP contribution in [0, 0.1) is 0 Å². The number of hydrogen-bond donors (Lipinski definition) is 0. The molecule has 0 N–H and O–H groups in total. The fraction of sp³-hybridized carbons (Fsp3) is 0.467. The molecule has 0 aromatic heterocycles. The van der Waals surface area contributed by atoms with Crippen molar-refractivity contribution < 1.29 is 19.1 Å². The normalized spacial score (nSPS) is 15.5. The molecule has 1 amide bonds. The van der Waals surface area contributed by atoms with Crippen LogP contribution in [0.1, 0.15) is 5.56 Å². The predicted octanol–water partition coefficient (Wildman–Crippen LogP) is 1.11. The summed E-state index contributed by atoms with van der Waals surface area (Å²) < 4.78 is 9.97. The summed E-state index contributed by atoms with van der Waals surface area (Å²) >= 11 is 0. The van der Waals surface area contributed by atoms with Crippen molar-refractivity contribution >= 4 is 12.6 Å². The smallest absolute Gasteiger partial charge is 0.410 e. The Balaban J connectivity index is 1.67. The third kappa shape index (κ3) is 5.07. The van der Waals surface area contributed by atoms with Crippen LogP contribution in [0.15, 0.2) is 30.3 Å². The van der Waals surface area contributed by atoms with E-state index in [1.165, 1.54) is 0 Å². The van der Waals surface area contributed by atoms with E-state index in [2.05, 4.69) is 9.64 Å². The van der Waals surface area contributed by atoms with E-state index >= 15 is 0 Å². The second-order valence-electron chi connectivity index (χ2n) is 4.84. The van der Waals surface area contributed by atoms with E-state index < -0.39 is 0 Å². The summed E-state index contributed by atoms with van der Waals surface area (Å²) in [7, 11) is 0. The molecule has 1 saturated heterocycles. The number of carbonyl (C=O) groups is 2. The Labute approximate surface area is 124 Å². The van der Waals surface area contributed by atoms with Crippen LogP contribution < -0.4 is 0 Å². The van der Waals surface area contributed by atoms with Crippen molar-refractivity contribution in [2.75, 3.05) is 39.3 Å². The van der Waals surface area contributed by atoms with Gasteiger partial charge in [0.1, 0.15) is 13.2 Å². The van der Waals surface area contributed by atoms with Crippen LogP contribution in [0.5, 0.6) is 0 Å². The molecule has 0 radical (unpaired) electrons. The third-order valence-electron chi connectivity index (χ3n) is 3.43. The van der Waals surface area contributed by atoms with E-state index in [4.69, 9.17) is 4.74 Å². The van der Waals surface area contributed by atoms with E-state index in [-0.39, 0.29) is 6.09 Å². The Morgan fingerprint density at radius 3 is 2.52 bits per heavy atom. The van der Waals surface area contributed by atoms with Crippen LogP contribution >= 0.6 is 0 Å². The van der Waals surface area contributed by atoms with E-state index in [1.54, 1.807) is 4.90 Å². The summed E-state index contributed by atoms with van der Waals surface area (Å²) in [5.41, 5.74) is 0.982. The molecule has 6 heteroatoms. The summed E-state index contributed by atoms with van der Waals surface area (Å²) in [6.45, 7) is 4.65. The number of carbonyl (C=O) groups excluding carboxylic acids is 2. The van der Waals surface area contributed by atoms with Crippen LogP contribution in [-0.2, 0) is 20.9 Å². The summed E-state index contributed by atoms with van der Waals surface area (Å²) in [6.07, 6.45) is -0.275. The van der Waals surface area contributed by atoms with Gasteiger partial charge in [0.25, 0.3) is 6.47 Å². The lowest BCUT2D eigenvalue weighted by atomic mass is 10.2. The van der Waals surface area contributed by atoms with Gasteiger partial charge in [0.05, 0.1) is 0 Å². The first-order valence-electron chi connectivity index (χ1n) is 7.03. The zero-order valence-electron chi connectivity index (χ0n) is 11.9. The van der Waals surface area contributed by atoms with E-state index in [0.29, 0.717) is 39.3 Å². The number of amides is 1. The molecule has 1 aliphatic heterocycles. The number of ether oxygens (including phenoxy) is 2. The van der Waals surface area contributed by atoms with Crippen LogP contribution in [0.25, 0.3) is 0 Å². The van der Waals surface area contributed by atoms with Crippen molar-refractivity contribution in [2.24, 2.45) is 0 Å². The average molecular weight is 292 g/mol. The number of piperazine rings is 1. The lowest BCUT2D eigenvalue weighted by Gasteiger charge is -2.33. The summed E-state index contributed by atoms with van der Waals surface area (Å²) in [6, 6.07) is 9.63. The first-order chi connectivity index (χ1) is 10.3. The third-order valence-corrected chi connectivity index (χ3v) is 3.43. The number of nitrogens with zero attached hydrogens (tertiary/aromatic N) is 2. The molecule has 2 rings (SSSR count). The molecule has 0 atom stereocenters. The predicted molar refractivity (Wildman–Crippen MR) is 76.7 cm³/mol. The van der Waals surface area contributed by atoms with Gasteiger partial charge >= 0.3 is 6.09 Å². The lowest BCUT2D eigenvalue weighted by Crippen LogP contribution is -2.49. The zero-order valence-corrected chi connectivity index (χ0v) is 11.9. The molecule has 1 heterocycles. The molecule has 6 nitrogen and oxygen atoms in total. The van der Waals surface area contributed by atoms with Crippen molar-refractivity contribution in [1.29, 1.82) is 0 Å². The van der Waals surface area contributed by atoms with E-state index in [9.17, 15) is 9.59 Å². The molecule has 0 bridgehead atoms. The zero-order chi connectivity index (χ0) is 14.9. The minimum Gasteiger partial charge on any atom is -0.467 e. The second-order valence-corrected chi connectivity index (χ2v) is 4.84. The Morgan fingerprint density at radius 2 is 1.86 bits per heavy atom. The average Bonchev–Trinajstić information content (AvgIpc) is 2.54. The van der Waals surface area contributed by atoms with Crippen LogP contribution in [0.3, 0.4) is 0 Å². The van der Waals surface area contributed by atoms with Gasteiger partial charge in [-0.15, -0.1) is 0 Å². The molecular weight excluding hydrogens is 272 g/mol. The molecule has 1 aliphatic rings. The molecule has 114 valence electrons. The maximum atomic E-state index is 12.0. The highest BCUT2D eigenvalue weighted by Crippen LogP contribution is 2.06. The van der Waals surface area contributed by atoms with Crippen LogP contribution in [-0.4, -0.2) is 61.7 Å². The number of benzene rings is 1. The molecule has 0 saturated carbocycles. The van der Waals surface area contributed by atoms with Gasteiger partial charge in [-0.3, -0.25) is 9.69 Å². The second kappa shape index (κ2) is 8.26. The van der Waals surface area contributed by atoms with Gasteiger partial charge in [-0.05, 0) is 5.56 Å². The van der Waals surface area contributed by atoms with Gasteiger partial charge < -0.3 is 14.4 Å². The van der Waals surface area contributed by atoms with Crippen molar-refractivity contribution in [2.45, 2.75) is 6.61 Å². The molecular formula is C15H20N2O4. The van der Waals surface area contributed by atoms with Crippen molar-refractivity contribution in [1.82, 2.24) is 9.80 Å². The highest BCUT2D eigenvalue weighted by molar-refractivity contribution is 5.67. The molecule has 21 heavy (non-hydrogen) atoms. The fourth-order valence-corrected chi connectivity index (χ4v) is 2.19. The molecule has 1 aromatic carbocycles. The van der Waals surface area contributed by atoms with Gasteiger partial charge in [-0.1, -0.05) is 30.3 Å². The van der Waals surface area contributed by atoms with Crippen molar-refractivity contribution in [3.05, 3.63) is 35.9 Å². The standard InChI is InChI=1S/C15H20N2O4/c18-13-20-11-10-16-6-8-17(9-7-16)15(19)21-12-14-4-2-1-3-5-14/h1-5,13H,6-12H2. The van der Waals surface area contributed by atoms with Crippen LogP contribution in [0.4, 0.5) is 4.79 Å². The van der Waals surface area contributed by atoms with Crippen molar-refractivity contribution in [3.63, 3.8) is 0 Å². The molecule has 0 unspecified atom stereocenters. The first kappa shape index (κ1) is 15.3. The molecule has 1 aromatic rings.